The van der Waals surface area contributed by atoms with Crippen LogP contribution >= 0.6 is 0 Å². The highest BCUT2D eigenvalue weighted by Gasteiger charge is 2.19. The summed E-state index contributed by atoms with van der Waals surface area (Å²) in [4.78, 5) is 16.8. The topological polar surface area (TPSA) is 56.0 Å². The van der Waals surface area contributed by atoms with Gasteiger partial charge in [-0.15, -0.1) is 0 Å². The maximum atomic E-state index is 12.7. The van der Waals surface area contributed by atoms with E-state index in [2.05, 4.69) is 11.1 Å². The molecule has 1 heterocycles. The van der Waals surface area contributed by atoms with Gasteiger partial charge in [0.05, 0.1) is 5.92 Å². The Hall–Kier alpha value is -2.52. The number of nitrogens with two attached hydrogens (primary N) is 1. The normalized spacial score (nSPS) is 12.3. The summed E-state index contributed by atoms with van der Waals surface area (Å²) in [5.41, 5.74) is 9.05. The van der Waals surface area contributed by atoms with Gasteiger partial charge in [-0.3, -0.25) is 9.78 Å². The summed E-state index contributed by atoms with van der Waals surface area (Å²) in [6, 6.07) is 16.1. The molecule has 2 N–H and O–H groups in total. The van der Waals surface area contributed by atoms with Crippen LogP contribution in [0, 0.1) is 6.92 Å². The number of pyridine rings is 1. The molecule has 2 aromatic carbocycles. The minimum absolute atomic E-state index is 0.157. The van der Waals surface area contributed by atoms with Gasteiger partial charge in [0.1, 0.15) is 5.78 Å². The third kappa shape index (κ3) is 3.46. The standard InChI is InChI=1S/C20H20N2O/c1-14-2-5-16(6-3-14)19(12-21)20(23)11-15-4-7-18-13-22-9-8-17(18)10-15/h2-10,13,19H,11-12,21H2,1H3/t19-/m1/s1. The van der Waals surface area contributed by atoms with Gasteiger partial charge in [-0.1, -0.05) is 48.0 Å². The van der Waals surface area contributed by atoms with Crippen molar-refractivity contribution in [3.05, 3.63) is 77.6 Å². The summed E-state index contributed by atoms with van der Waals surface area (Å²) in [7, 11) is 0. The average Bonchev–Trinajstić information content (AvgIpc) is 2.57. The lowest BCUT2D eigenvalue weighted by molar-refractivity contribution is -0.119. The van der Waals surface area contributed by atoms with E-state index in [9.17, 15) is 4.79 Å². The summed E-state index contributed by atoms with van der Waals surface area (Å²) in [6.07, 6.45) is 3.99. The molecule has 3 heteroatoms. The zero-order valence-electron chi connectivity index (χ0n) is 13.2. The van der Waals surface area contributed by atoms with Crippen molar-refractivity contribution in [1.29, 1.82) is 0 Å². The van der Waals surface area contributed by atoms with Crippen molar-refractivity contribution in [3.8, 4) is 0 Å². The van der Waals surface area contributed by atoms with Gasteiger partial charge >= 0.3 is 0 Å². The van der Waals surface area contributed by atoms with Crippen molar-refractivity contribution in [2.24, 2.45) is 5.73 Å². The monoisotopic (exact) mass is 304 g/mol. The molecule has 0 saturated heterocycles. The quantitative estimate of drug-likeness (QED) is 0.786. The summed E-state index contributed by atoms with van der Waals surface area (Å²) >= 11 is 0. The number of hydrogen-bond acceptors (Lipinski definition) is 3. The van der Waals surface area contributed by atoms with Crippen molar-refractivity contribution in [3.63, 3.8) is 0 Å². The number of fused-ring (bicyclic) bond motifs is 1. The Kier molecular flexibility index (Phi) is 4.49. The van der Waals surface area contributed by atoms with E-state index in [0.717, 1.165) is 21.9 Å². The van der Waals surface area contributed by atoms with Crippen LogP contribution in [0.3, 0.4) is 0 Å². The zero-order chi connectivity index (χ0) is 16.2. The molecule has 0 aliphatic heterocycles. The lowest BCUT2D eigenvalue weighted by atomic mass is 9.90. The minimum atomic E-state index is -0.247. The molecule has 3 aromatic rings. The van der Waals surface area contributed by atoms with Crippen LogP contribution in [0.25, 0.3) is 10.8 Å². The predicted molar refractivity (Wildman–Crippen MR) is 93.4 cm³/mol. The van der Waals surface area contributed by atoms with Crippen LogP contribution in [-0.2, 0) is 11.2 Å². The molecule has 0 saturated carbocycles. The number of nitrogens with zero attached hydrogens (tertiary/aromatic N) is 1. The maximum absolute atomic E-state index is 12.7. The van der Waals surface area contributed by atoms with Gasteiger partial charge in [0.2, 0.25) is 0 Å². The van der Waals surface area contributed by atoms with Crippen molar-refractivity contribution >= 4 is 16.6 Å². The van der Waals surface area contributed by atoms with Gasteiger partial charge in [-0.05, 0) is 29.5 Å². The van der Waals surface area contributed by atoms with Crippen molar-refractivity contribution in [1.82, 2.24) is 4.98 Å². The molecule has 3 rings (SSSR count). The molecule has 0 radical (unpaired) electrons. The molecule has 0 aliphatic rings. The van der Waals surface area contributed by atoms with Crippen LogP contribution in [0.2, 0.25) is 0 Å². The number of benzene rings is 2. The highest BCUT2D eigenvalue weighted by Crippen LogP contribution is 2.20. The van der Waals surface area contributed by atoms with Gasteiger partial charge in [0, 0.05) is 30.7 Å². The molecule has 1 aromatic heterocycles. The summed E-state index contributed by atoms with van der Waals surface area (Å²) in [5.74, 6) is -0.0894. The van der Waals surface area contributed by atoms with Crippen LogP contribution in [-0.4, -0.2) is 17.3 Å². The number of aryl methyl sites for hydroxylation is 1. The number of hydrogen-bond donors (Lipinski definition) is 1. The van der Waals surface area contributed by atoms with Crippen molar-refractivity contribution < 1.29 is 4.79 Å². The molecular weight excluding hydrogens is 284 g/mol. The number of rotatable bonds is 5. The first-order chi connectivity index (χ1) is 11.2. The SMILES string of the molecule is Cc1ccc([C@@H](CN)C(=O)Cc2ccc3cnccc3c2)cc1. The van der Waals surface area contributed by atoms with Gasteiger partial charge in [-0.25, -0.2) is 0 Å². The lowest BCUT2D eigenvalue weighted by Gasteiger charge is -2.14. The second-order valence-electron chi connectivity index (χ2n) is 5.90. The molecule has 116 valence electrons. The van der Waals surface area contributed by atoms with Gasteiger partial charge < -0.3 is 5.73 Å². The Morgan fingerprint density at radius 2 is 1.87 bits per heavy atom. The fourth-order valence-electron chi connectivity index (χ4n) is 2.82. The van der Waals surface area contributed by atoms with E-state index in [1.807, 2.05) is 55.6 Å². The summed E-state index contributed by atoms with van der Waals surface area (Å²) < 4.78 is 0. The van der Waals surface area contributed by atoms with Crippen LogP contribution < -0.4 is 5.73 Å². The number of carbonyl (C=O) groups is 1. The molecule has 0 fully saturated rings. The van der Waals surface area contributed by atoms with Crippen LogP contribution in [0.5, 0.6) is 0 Å². The van der Waals surface area contributed by atoms with Crippen molar-refractivity contribution in [2.45, 2.75) is 19.3 Å². The maximum Gasteiger partial charge on any atom is 0.145 e. The van der Waals surface area contributed by atoms with Gasteiger partial charge in [-0.2, -0.15) is 0 Å². The lowest BCUT2D eigenvalue weighted by Crippen LogP contribution is -2.23. The second kappa shape index (κ2) is 6.71. The van der Waals surface area contributed by atoms with E-state index in [1.54, 1.807) is 6.20 Å². The van der Waals surface area contributed by atoms with E-state index in [0.29, 0.717) is 13.0 Å². The van der Waals surface area contributed by atoms with Crippen LogP contribution in [0.1, 0.15) is 22.6 Å². The first-order valence-corrected chi connectivity index (χ1v) is 7.79. The van der Waals surface area contributed by atoms with E-state index in [-0.39, 0.29) is 11.7 Å². The summed E-state index contributed by atoms with van der Waals surface area (Å²) in [5, 5.41) is 2.18. The van der Waals surface area contributed by atoms with Crippen molar-refractivity contribution in [2.75, 3.05) is 6.54 Å². The molecular formula is C20H20N2O. The number of Topliss-reactive ketones (excluding diaryl/α,β-unsaturated/α-hetero) is 1. The third-order valence-electron chi connectivity index (χ3n) is 4.19. The fourth-order valence-corrected chi connectivity index (χ4v) is 2.82. The molecule has 1 atom stereocenters. The molecule has 23 heavy (non-hydrogen) atoms. The number of aromatic nitrogens is 1. The van der Waals surface area contributed by atoms with Gasteiger partial charge in [0.25, 0.3) is 0 Å². The van der Waals surface area contributed by atoms with Gasteiger partial charge in [0.15, 0.2) is 0 Å². The Bertz CT molecular complexity index is 824. The highest BCUT2D eigenvalue weighted by atomic mass is 16.1. The first kappa shape index (κ1) is 15.4. The zero-order valence-corrected chi connectivity index (χ0v) is 13.2. The second-order valence-corrected chi connectivity index (χ2v) is 5.90. The number of carbonyl (C=O) groups excluding carboxylic acids is 1. The summed E-state index contributed by atoms with van der Waals surface area (Å²) in [6.45, 7) is 2.37. The Balaban J connectivity index is 1.81. The molecule has 0 bridgehead atoms. The average molecular weight is 304 g/mol. The molecule has 3 nitrogen and oxygen atoms in total. The molecule has 0 amide bonds. The van der Waals surface area contributed by atoms with E-state index in [1.165, 1.54) is 5.56 Å². The minimum Gasteiger partial charge on any atom is -0.329 e. The van der Waals surface area contributed by atoms with E-state index < -0.39 is 0 Å². The fraction of sp³-hybridized carbons (Fsp3) is 0.200. The third-order valence-corrected chi connectivity index (χ3v) is 4.19. The Morgan fingerprint density at radius 3 is 2.61 bits per heavy atom. The smallest absolute Gasteiger partial charge is 0.145 e. The van der Waals surface area contributed by atoms with Crippen LogP contribution in [0.15, 0.2) is 60.9 Å². The molecule has 0 unspecified atom stereocenters. The van der Waals surface area contributed by atoms with Crippen LogP contribution in [0.4, 0.5) is 0 Å². The Labute approximate surface area is 136 Å². The first-order valence-electron chi connectivity index (χ1n) is 7.79. The number of ketones is 1. The molecule has 0 aliphatic carbocycles. The van der Waals surface area contributed by atoms with E-state index in [4.69, 9.17) is 5.73 Å². The largest absolute Gasteiger partial charge is 0.329 e. The highest BCUT2D eigenvalue weighted by molar-refractivity contribution is 5.89. The van der Waals surface area contributed by atoms with E-state index >= 15 is 0 Å². The molecule has 0 spiro atoms. The predicted octanol–water partition coefficient (Wildman–Crippen LogP) is 3.40. The Morgan fingerprint density at radius 1 is 1.09 bits per heavy atom.